The predicted octanol–water partition coefficient (Wildman–Crippen LogP) is 2.75. The largest absolute Gasteiger partial charge is 0.445 e. The minimum Gasteiger partial charge on any atom is -0.445 e. The first-order valence-electron chi connectivity index (χ1n) is 10.5. The molecule has 0 aromatic heterocycles. The fourth-order valence-electron chi connectivity index (χ4n) is 3.41. The van der Waals surface area contributed by atoms with Crippen LogP contribution in [0.1, 0.15) is 51.5 Å². The van der Waals surface area contributed by atoms with Gasteiger partial charge in [-0.2, -0.15) is 0 Å². The van der Waals surface area contributed by atoms with E-state index < -0.39 is 12.1 Å². The number of rotatable bonds is 10. The van der Waals surface area contributed by atoms with Crippen LogP contribution in [0.5, 0.6) is 0 Å². The molecule has 0 saturated heterocycles. The summed E-state index contributed by atoms with van der Waals surface area (Å²) in [6, 6.07) is 8.68. The SMILES string of the molecule is CC[C@H](C)[C@H](NC(=O)OCc1ccccc1)C(=O)NCCNC(=O)C1CCCC1. The van der Waals surface area contributed by atoms with Crippen molar-refractivity contribution in [3.63, 3.8) is 0 Å². The molecule has 0 aliphatic heterocycles. The minimum atomic E-state index is -0.686. The Morgan fingerprint density at radius 3 is 2.38 bits per heavy atom. The molecule has 1 aromatic carbocycles. The van der Waals surface area contributed by atoms with Crippen LogP contribution in [-0.2, 0) is 20.9 Å². The van der Waals surface area contributed by atoms with Gasteiger partial charge >= 0.3 is 6.09 Å². The molecule has 0 heterocycles. The lowest BCUT2D eigenvalue weighted by atomic mass is 9.98. The Kier molecular flexibility index (Phi) is 9.47. The van der Waals surface area contributed by atoms with Gasteiger partial charge in [-0.05, 0) is 24.3 Å². The topological polar surface area (TPSA) is 96.5 Å². The van der Waals surface area contributed by atoms with Gasteiger partial charge in [-0.25, -0.2) is 4.79 Å². The van der Waals surface area contributed by atoms with Crippen molar-refractivity contribution in [2.75, 3.05) is 13.1 Å². The first-order valence-corrected chi connectivity index (χ1v) is 10.5. The summed E-state index contributed by atoms with van der Waals surface area (Å²) in [6.07, 6.45) is 4.22. The van der Waals surface area contributed by atoms with Crippen LogP contribution >= 0.6 is 0 Å². The molecular weight excluding hydrogens is 370 g/mol. The molecule has 0 unspecified atom stereocenters. The highest BCUT2D eigenvalue weighted by Crippen LogP contribution is 2.24. The van der Waals surface area contributed by atoms with Crippen LogP contribution in [0.2, 0.25) is 0 Å². The van der Waals surface area contributed by atoms with Crippen LogP contribution < -0.4 is 16.0 Å². The fourth-order valence-corrected chi connectivity index (χ4v) is 3.41. The summed E-state index contributed by atoms with van der Waals surface area (Å²) >= 11 is 0. The number of hydrogen-bond donors (Lipinski definition) is 3. The van der Waals surface area contributed by atoms with Crippen LogP contribution in [0.4, 0.5) is 4.79 Å². The third-order valence-corrected chi connectivity index (χ3v) is 5.43. The average Bonchev–Trinajstić information content (AvgIpc) is 3.28. The molecule has 29 heavy (non-hydrogen) atoms. The van der Waals surface area contributed by atoms with E-state index in [1.807, 2.05) is 44.2 Å². The molecule has 0 spiro atoms. The van der Waals surface area contributed by atoms with E-state index in [4.69, 9.17) is 4.74 Å². The van der Waals surface area contributed by atoms with Crippen molar-refractivity contribution in [1.82, 2.24) is 16.0 Å². The van der Waals surface area contributed by atoms with E-state index in [2.05, 4.69) is 16.0 Å². The molecule has 160 valence electrons. The zero-order chi connectivity index (χ0) is 21.1. The van der Waals surface area contributed by atoms with E-state index in [0.717, 1.165) is 37.7 Å². The Morgan fingerprint density at radius 2 is 1.72 bits per heavy atom. The number of amides is 3. The third kappa shape index (κ3) is 7.75. The molecule has 3 N–H and O–H groups in total. The lowest BCUT2D eigenvalue weighted by molar-refractivity contribution is -0.126. The zero-order valence-electron chi connectivity index (χ0n) is 17.4. The molecule has 1 fully saturated rings. The Labute approximate surface area is 173 Å². The van der Waals surface area contributed by atoms with Crippen molar-refractivity contribution in [3.05, 3.63) is 35.9 Å². The van der Waals surface area contributed by atoms with E-state index in [0.29, 0.717) is 13.1 Å². The number of hydrogen-bond acceptors (Lipinski definition) is 4. The maximum Gasteiger partial charge on any atom is 0.408 e. The lowest BCUT2D eigenvalue weighted by Crippen LogP contribution is -2.51. The first-order chi connectivity index (χ1) is 14.0. The second-order valence-corrected chi connectivity index (χ2v) is 7.63. The second kappa shape index (κ2) is 12.1. The normalized spacial score (nSPS) is 15.9. The predicted molar refractivity (Wildman–Crippen MR) is 111 cm³/mol. The van der Waals surface area contributed by atoms with Crippen molar-refractivity contribution in [1.29, 1.82) is 0 Å². The van der Waals surface area contributed by atoms with Gasteiger partial charge in [0.15, 0.2) is 0 Å². The summed E-state index contributed by atoms with van der Waals surface area (Å²) in [4.78, 5) is 36.7. The van der Waals surface area contributed by atoms with E-state index in [9.17, 15) is 14.4 Å². The summed E-state index contributed by atoms with van der Waals surface area (Å²) in [6.45, 7) is 4.72. The van der Waals surface area contributed by atoms with Crippen LogP contribution in [0.25, 0.3) is 0 Å². The monoisotopic (exact) mass is 403 g/mol. The Bertz CT molecular complexity index is 659. The van der Waals surface area contributed by atoms with E-state index in [-0.39, 0.29) is 30.3 Å². The lowest BCUT2D eigenvalue weighted by Gasteiger charge is -2.23. The minimum absolute atomic E-state index is 0.0487. The summed E-state index contributed by atoms with van der Waals surface area (Å²) in [7, 11) is 0. The summed E-state index contributed by atoms with van der Waals surface area (Å²) in [5.41, 5.74) is 0.880. The van der Waals surface area contributed by atoms with Crippen molar-refractivity contribution < 1.29 is 19.1 Å². The average molecular weight is 404 g/mol. The molecule has 0 bridgehead atoms. The highest BCUT2D eigenvalue weighted by molar-refractivity contribution is 5.86. The number of ether oxygens (including phenoxy) is 1. The maximum absolute atomic E-state index is 12.6. The first kappa shape index (κ1) is 22.7. The number of alkyl carbamates (subject to hydrolysis) is 1. The molecule has 1 aliphatic rings. The molecule has 7 heteroatoms. The Hall–Kier alpha value is -2.57. The van der Waals surface area contributed by atoms with Gasteiger partial charge in [-0.1, -0.05) is 63.4 Å². The van der Waals surface area contributed by atoms with Crippen molar-refractivity contribution in [3.8, 4) is 0 Å². The molecular formula is C22H33N3O4. The molecule has 1 saturated carbocycles. The summed E-state index contributed by atoms with van der Waals surface area (Å²) < 4.78 is 5.23. The number of nitrogens with one attached hydrogen (secondary N) is 3. The molecule has 3 amide bonds. The maximum atomic E-state index is 12.6. The fraction of sp³-hybridized carbons (Fsp3) is 0.591. The molecule has 0 radical (unpaired) electrons. The van der Waals surface area contributed by atoms with Crippen molar-refractivity contribution in [2.45, 2.75) is 58.6 Å². The second-order valence-electron chi connectivity index (χ2n) is 7.63. The van der Waals surface area contributed by atoms with Gasteiger partial charge in [0.05, 0.1) is 0 Å². The molecule has 2 rings (SSSR count). The van der Waals surface area contributed by atoms with E-state index in [1.165, 1.54) is 0 Å². The third-order valence-electron chi connectivity index (χ3n) is 5.43. The molecule has 2 atom stereocenters. The van der Waals surface area contributed by atoms with Gasteiger partial charge in [0.1, 0.15) is 12.6 Å². The van der Waals surface area contributed by atoms with Crippen LogP contribution in [0.3, 0.4) is 0 Å². The molecule has 1 aromatic rings. The quantitative estimate of drug-likeness (QED) is 0.523. The summed E-state index contributed by atoms with van der Waals surface area (Å²) in [5, 5.41) is 8.35. The Balaban J connectivity index is 1.74. The number of carbonyl (C=O) groups is 3. The van der Waals surface area contributed by atoms with Crippen LogP contribution in [-0.4, -0.2) is 37.0 Å². The van der Waals surface area contributed by atoms with Crippen molar-refractivity contribution in [2.24, 2.45) is 11.8 Å². The highest BCUT2D eigenvalue weighted by Gasteiger charge is 2.26. The smallest absolute Gasteiger partial charge is 0.408 e. The molecule has 7 nitrogen and oxygen atoms in total. The van der Waals surface area contributed by atoms with Gasteiger partial charge in [0, 0.05) is 19.0 Å². The van der Waals surface area contributed by atoms with E-state index >= 15 is 0 Å². The highest BCUT2D eigenvalue weighted by atomic mass is 16.5. The summed E-state index contributed by atoms with van der Waals surface area (Å²) in [5.74, 6) is -0.143. The van der Waals surface area contributed by atoms with Gasteiger partial charge in [0.2, 0.25) is 11.8 Å². The Morgan fingerprint density at radius 1 is 1.07 bits per heavy atom. The number of benzene rings is 1. The van der Waals surface area contributed by atoms with Gasteiger partial charge in [-0.15, -0.1) is 0 Å². The zero-order valence-corrected chi connectivity index (χ0v) is 17.4. The van der Waals surface area contributed by atoms with Gasteiger partial charge in [-0.3, -0.25) is 9.59 Å². The standard InChI is InChI=1S/C22H33N3O4/c1-3-16(2)19(25-22(28)29-15-17-9-5-4-6-10-17)21(27)24-14-13-23-20(26)18-11-7-8-12-18/h4-6,9-10,16,18-19H,3,7-8,11-15H2,1-2H3,(H,23,26)(H,24,27)(H,25,28)/t16-,19-/m0/s1. The van der Waals surface area contributed by atoms with Crippen LogP contribution in [0.15, 0.2) is 30.3 Å². The van der Waals surface area contributed by atoms with Crippen LogP contribution in [0, 0.1) is 11.8 Å². The van der Waals surface area contributed by atoms with Gasteiger partial charge in [0.25, 0.3) is 0 Å². The van der Waals surface area contributed by atoms with E-state index in [1.54, 1.807) is 0 Å². The number of carbonyl (C=O) groups excluding carboxylic acids is 3. The van der Waals surface area contributed by atoms with Crippen molar-refractivity contribution >= 4 is 17.9 Å². The molecule has 1 aliphatic carbocycles. The van der Waals surface area contributed by atoms with Gasteiger partial charge < -0.3 is 20.7 Å².